The number of sulfonamides is 1. The second-order valence-electron chi connectivity index (χ2n) is 8.30. The lowest BCUT2D eigenvalue weighted by Crippen LogP contribution is -2.49. The van der Waals surface area contributed by atoms with Gasteiger partial charge < -0.3 is 10.1 Å². The largest absolute Gasteiger partial charge is 0.378 e. The Morgan fingerprint density at radius 2 is 1.97 bits per heavy atom. The minimum Gasteiger partial charge on any atom is -0.378 e. The van der Waals surface area contributed by atoms with Crippen molar-refractivity contribution in [3.63, 3.8) is 0 Å². The summed E-state index contributed by atoms with van der Waals surface area (Å²) in [4.78, 5) is 12.9. The Balaban J connectivity index is 2.13. The molecule has 0 saturated carbocycles. The summed E-state index contributed by atoms with van der Waals surface area (Å²) in [6, 6.07) is 5.70. The van der Waals surface area contributed by atoms with Crippen LogP contribution < -0.4 is 5.32 Å². The normalized spacial score (nSPS) is 18.2. The Morgan fingerprint density at radius 1 is 1.30 bits per heavy atom. The van der Waals surface area contributed by atoms with Crippen molar-refractivity contribution in [1.82, 2.24) is 9.62 Å². The van der Waals surface area contributed by atoms with E-state index < -0.39 is 10.0 Å². The Morgan fingerprint density at radius 3 is 2.53 bits per heavy atom. The maximum Gasteiger partial charge on any atom is 0.252 e. The van der Waals surface area contributed by atoms with E-state index in [1.807, 2.05) is 25.1 Å². The van der Waals surface area contributed by atoms with Crippen LogP contribution in [0.1, 0.15) is 62.4 Å². The lowest BCUT2D eigenvalue weighted by atomic mass is 9.74. The number of aryl methyl sites for hydroxylation is 1. The summed E-state index contributed by atoms with van der Waals surface area (Å²) in [6.07, 6.45) is 3.23. The summed E-state index contributed by atoms with van der Waals surface area (Å²) in [5.74, 6) is 0.0127. The molecular weight excluding hydrogens is 468 g/mol. The molecular formula is C22H35BrN2O4S. The summed E-state index contributed by atoms with van der Waals surface area (Å²) in [5, 5.41) is 3.13. The minimum atomic E-state index is -3.19. The fraction of sp³-hybridized carbons (Fsp3) is 0.682. The van der Waals surface area contributed by atoms with Crippen LogP contribution in [0.4, 0.5) is 0 Å². The molecule has 0 spiro atoms. The molecule has 8 heteroatoms. The molecule has 0 aliphatic carbocycles. The van der Waals surface area contributed by atoms with Gasteiger partial charge in [0.25, 0.3) is 5.91 Å². The van der Waals surface area contributed by atoms with Crippen LogP contribution in [0.2, 0.25) is 0 Å². The van der Waals surface area contributed by atoms with E-state index in [4.69, 9.17) is 4.74 Å². The summed E-state index contributed by atoms with van der Waals surface area (Å²) in [5.41, 5.74) is 1.38. The van der Waals surface area contributed by atoms with Gasteiger partial charge in [-0.3, -0.25) is 4.79 Å². The van der Waals surface area contributed by atoms with E-state index in [9.17, 15) is 13.2 Å². The van der Waals surface area contributed by atoms with Gasteiger partial charge in [-0.05, 0) is 79.4 Å². The Bertz CT molecular complexity index is 800. The molecule has 0 bridgehead atoms. The van der Waals surface area contributed by atoms with Crippen molar-refractivity contribution in [2.24, 2.45) is 5.41 Å². The maximum atomic E-state index is 12.9. The molecule has 1 unspecified atom stereocenters. The Kier molecular flexibility index (Phi) is 9.33. The number of hydrogen-bond acceptors (Lipinski definition) is 4. The van der Waals surface area contributed by atoms with Gasteiger partial charge in [-0.2, -0.15) is 0 Å². The molecule has 1 aromatic rings. The molecule has 0 aromatic heterocycles. The monoisotopic (exact) mass is 502 g/mol. The van der Waals surface area contributed by atoms with Crippen LogP contribution in [0.5, 0.6) is 0 Å². The zero-order valence-electron chi connectivity index (χ0n) is 18.5. The standard InChI is InChI=1S/C22H35BrN2O4S/c1-5-14-29-18(4)15-22(10-12-25(13-11-22)30(27,28)6-2)16-24-21(26)20-17(3)8-7-9-19(20)23/h7-9,18H,5-6,10-16H2,1-4H3,(H,24,26). The van der Waals surface area contributed by atoms with Crippen molar-refractivity contribution in [3.8, 4) is 0 Å². The first kappa shape index (κ1) is 25.3. The molecule has 2 rings (SSSR count). The van der Waals surface area contributed by atoms with Crippen molar-refractivity contribution in [2.45, 2.75) is 59.5 Å². The van der Waals surface area contributed by atoms with E-state index in [1.54, 1.807) is 11.2 Å². The van der Waals surface area contributed by atoms with Crippen LogP contribution >= 0.6 is 15.9 Å². The minimum absolute atomic E-state index is 0.0568. The molecule has 1 heterocycles. The number of amides is 1. The first-order chi connectivity index (χ1) is 14.1. The molecule has 1 atom stereocenters. The summed E-state index contributed by atoms with van der Waals surface area (Å²) < 4.78 is 32.8. The van der Waals surface area contributed by atoms with Gasteiger partial charge >= 0.3 is 0 Å². The molecule has 1 aliphatic rings. The smallest absolute Gasteiger partial charge is 0.252 e. The third-order valence-corrected chi connectivity index (χ3v) is 8.48. The van der Waals surface area contributed by atoms with Crippen LogP contribution in [0.3, 0.4) is 0 Å². The molecule has 1 fully saturated rings. The third-order valence-electron chi connectivity index (χ3n) is 5.94. The number of nitrogens with zero attached hydrogens (tertiary/aromatic N) is 1. The highest BCUT2D eigenvalue weighted by Crippen LogP contribution is 2.37. The summed E-state index contributed by atoms with van der Waals surface area (Å²) in [7, 11) is -3.19. The third kappa shape index (κ3) is 6.52. The maximum absolute atomic E-state index is 12.9. The number of carbonyl (C=O) groups excluding carboxylic acids is 1. The molecule has 1 aromatic carbocycles. The fourth-order valence-corrected chi connectivity index (χ4v) is 5.89. The lowest BCUT2D eigenvalue weighted by molar-refractivity contribution is 0.0111. The average molecular weight is 504 g/mol. The number of carbonyl (C=O) groups is 1. The van der Waals surface area contributed by atoms with Crippen LogP contribution in [-0.2, 0) is 14.8 Å². The van der Waals surface area contributed by atoms with E-state index in [0.717, 1.165) is 22.9 Å². The SMILES string of the molecule is CCCOC(C)CC1(CNC(=O)c2c(C)cccc2Br)CCN(S(=O)(=O)CC)CC1. The molecule has 30 heavy (non-hydrogen) atoms. The lowest BCUT2D eigenvalue weighted by Gasteiger charge is -2.42. The fourth-order valence-electron chi connectivity index (χ4n) is 4.14. The van der Waals surface area contributed by atoms with Crippen molar-refractivity contribution in [3.05, 3.63) is 33.8 Å². The van der Waals surface area contributed by atoms with Gasteiger partial charge in [0, 0.05) is 30.7 Å². The highest BCUT2D eigenvalue weighted by atomic mass is 79.9. The van der Waals surface area contributed by atoms with Gasteiger partial charge in [0.1, 0.15) is 0 Å². The summed E-state index contributed by atoms with van der Waals surface area (Å²) in [6.45, 7) is 9.93. The van der Waals surface area contributed by atoms with Gasteiger partial charge in [0.15, 0.2) is 0 Å². The predicted octanol–water partition coefficient (Wildman–Crippen LogP) is 4.12. The van der Waals surface area contributed by atoms with Crippen LogP contribution in [0.15, 0.2) is 22.7 Å². The number of rotatable bonds is 10. The molecule has 170 valence electrons. The Hall–Kier alpha value is -0.960. The van der Waals surface area contributed by atoms with Crippen molar-refractivity contribution >= 4 is 31.9 Å². The van der Waals surface area contributed by atoms with Crippen molar-refractivity contribution < 1.29 is 17.9 Å². The van der Waals surface area contributed by atoms with Crippen LogP contribution in [0.25, 0.3) is 0 Å². The van der Waals surface area contributed by atoms with E-state index in [1.165, 1.54) is 0 Å². The number of benzene rings is 1. The van der Waals surface area contributed by atoms with Crippen LogP contribution in [-0.4, -0.2) is 56.7 Å². The van der Waals surface area contributed by atoms with E-state index in [-0.39, 0.29) is 23.2 Å². The van der Waals surface area contributed by atoms with Crippen LogP contribution in [0, 0.1) is 12.3 Å². The average Bonchev–Trinajstić information content (AvgIpc) is 2.71. The topological polar surface area (TPSA) is 75.7 Å². The second-order valence-corrected chi connectivity index (χ2v) is 11.4. The second kappa shape index (κ2) is 11.1. The molecule has 0 radical (unpaired) electrons. The highest BCUT2D eigenvalue weighted by Gasteiger charge is 2.39. The number of halogens is 1. The zero-order chi connectivity index (χ0) is 22.4. The molecule has 6 nitrogen and oxygen atoms in total. The first-order valence-electron chi connectivity index (χ1n) is 10.8. The number of piperidine rings is 1. The molecule has 1 amide bonds. The van der Waals surface area contributed by atoms with Gasteiger partial charge in [0.05, 0.1) is 17.4 Å². The van der Waals surface area contributed by atoms with E-state index in [0.29, 0.717) is 44.6 Å². The molecule has 1 N–H and O–H groups in total. The van der Waals surface area contributed by atoms with E-state index >= 15 is 0 Å². The number of ether oxygens (including phenoxy) is 1. The zero-order valence-corrected chi connectivity index (χ0v) is 20.9. The Labute approximate surface area is 189 Å². The quantitative estimate of drug-likeness (QED) is 0.521. The van der Waals surface area contributed by atoms with Gasteiger partial charge in [-0.25, -0.2) is 12.7 Å². The van der Waals surface area contributed by atoms with Crippen molar-refractivity contribution in [1.29, 1.82) is 0 Å². The first-order valence-corrected chi connectivity index (χ1v) is 13.2. The molecule has 1 aliphatic heterocycles. The summed E-state index contributed by atoms with van der Waals surface area (Å²) >= 11 is 3.48. The molecule has 1 saturated heterocycles. The van der Waals surface area contributed by atoms with Gasteiger partial charge in [-0.1, -0.05) is 19.1 Å². The number of hydrogen-bond donors (Lipinski definition) is 1. The highest BCUT2D eigenvalue weighted by molar-refractivity contribution is 9.10. The van der Waals surface area contributed by atoms with Gasteiger partial charge in [-0.15, -0.1) is 0 Å². The van der Waals surface area contributed by atoms with Crippen molar-refractivity contribution in [2.75, 3.05) is 32.0 Å². The van der Waals surface area contributed by atoms with E-state index in [2.05, 4.69) is 35.1 Å². The van der Waals surface area contributed by atoms with Gasteiger partial charge in [0.2, 0.25) is 10.0 Å². The number of nitrogens with one attached hydrogen (secondary N) is 1. The predicted molar refractivity (Wildman–Crippen MR) is 124 cm³/mol.